The molecule has 0 fully saturated rings. The molecule has 0 aliphatic rings. The Morgan fingerprint density at radius 2 is 1.58 bits per heavy atom. The summed E-state index contributed by atoms with van der Waals surface area (Å²) in [5, 5.41) is 0.646. The van der Waals surface area contributed by atoms with E-state index in [4.69, 9.17) is 25.8 Å². The third kappa shape index (κ3) is 4.79. The van der Waals surface area contributed by atoms with Crippen molar-refractivity contribution in [2.75, 3.05) is 14.2 Å². The first kappa shape index (κ1) is 20.8. The van der Waals surface area contributed by atoms with Gasteiger partial charge in [0.2, 0.25) is 0 Å². The van der Waals surface area contributed by atoms with Gasteiger partial charge in [-0.1, -0.05) is 63.6 Å². The van der Waals surface area contributed by atoms with Gasteiger partial charge in [0.1, 0.15) is 12.4 Å². The van der Waals surface area contributed by atoms with Gasteiger partial charge in [0.25, 0.3) is 0 Å². The maximum Gasteiger partial charge on any atom is 0.183 e. The quantitative estimate of drug-likeness (QED) is 0.495. The van der Waals surface area contributed by atoms with Gasteiger partial charge in [0.15, 0.2) is 6.29 Å². The number of methoxy groups -OCH3 is 2. The third-order valence-electron chi connectivity index (χ3n) is 4.54. The first-order chi connectivity index (χ1) is 12.4. The second kappa shape index (κ2) is 9.40. The lowest BCUT2D eigenvalue weighted by Crippen LogP contribution is -2.10. The number of halogens is 1. The van der Waals surface area contributed by atoms with Gasteiger partial charge in [0.05, 0.1) is 0 Å². The van der Waals surface area contributed by atoms with Crippen LogP contribution in [0.25, 0.3) is 0 Å². The standard InChI is InChI=1S/C22H29ClO3/c1-14(2)16-10-11-17(15(3)4)21(12-16)26-13-19-18(22(24-5)25-6)8-7-9-20(19)23/h7-12,14-15,22H,13H2,1-6H3. The monoisotopic (exact) mass is 376 g/mol. The van der Waals surface area contributed by atoms with Crippen LogP contribution < -0.4 is 4.74 Å². The van der Waals surface area contributed by atoms with Crippen LogP contribution in [0.3, 0.4) is 0 Å². The Balaban J connectivity index is 2.35. The van der Waals surface area contributed by atoms with E-state index in [9.17, 15) is 0 Å². The molecule has 142 valence electrons. The highest BCUT2D eigenvalue weighted by molar-refractivity contribution is 6.31. The average molecular weight is 377 g/mol. The fourth-order valence-electron chi connectivity index (χ4n) is 2.96. The molecule has 3 nitrogen and oxygen atoms in total. The van der Waals surface area contributed by atoms with E-state index in [0.29, 0.717) is 23.5 Å². The molecule has 0 heterocycles. The molecule has 2 aromatic carbocycles. The first-order valence-electron chi connectivity index (χ1n) is 8.98. The number of ether oxygens (including phenoxy) is 3. The maximum absolute atomic E-state index is 6.45. The van der Waals surface area contributed by atoms with Crippen LogP contribution in [0, 0.1) is 0 Å². The molecular weight excluding hydrogens is 348 g/mol. The van der Waals surface area contributed by atoms with Crippen LogP contribution in [-0.2, 0) is 16.1 Å². The molecule has 0 radical (unpaired) electrons. The molecule has 0 aliphatic carbocycles. The van der Waals surface area contributed by atoms with E-state index < -0.39 is 6.29 Å². The lowest BCUT2D eigenvalue weighted by atomic mass is 9.96. The van der Waals surface area contributed by atoms with Crippen molar-refractivity contribution in [2.45, 2.75) is 52.4 Å². The van der Waals surface area contributed by atoms with Crippen molar-refractivity contribution in [3.8, 4) is 5.75 Å². The second-order valence-electron chi connectivity index (χ2n) is 7.01. The highest BCUT2D eigenvalue weighted by Crippen LogP contribution is 2.33. The largest absolute Gasteiger partial charge is 0.489 e. The van der Waals surface area contributed by atoms with Crippen molar-refractivity contribution >= 4 is 11.6 Å². The molecule has 0 aromatic heterocycles. The van der Waals surface area contributed by atoms with Crippen LogP contribution in [0.15, 0.2) is 36.4 Å². The zero-order chi connectivity index (χ0) is 19.3. The predicted octanol–water partition coefficient (Wildman–Crippen LogP) is 6.46. The predicted molar refractivity (Wildman–Crippen MR) is 107 cm³/mol. The third-order valence-corrected chi connectivity index (χ3v) is 4.89. The Hall–Kier alpha value is -1.55. The van der Waals surface area contributed by atoms with E-state index in [2.05, 4.69) is 45.9 Å². The lowest BCUT2D eigenvalue weighted by Gasteiger charge is -2.21. The fourth-order valence-corrected chi connectivity index (χ4v) is 3.20. The molecule has 2 rings (SSSR count). The summed E-state index contributed by atoms with van der Waals surface area (Å²) >= 11 is 6.45. The van der Waals surface area contributed by atoms with E-state index in [1.54, 1.807) is 14.2 Å². The first-order valence-corrected chi connectivity index (χ1v) is 9.36. The minimum atomic E-state index is -0.473. The van der Waals surface area contributed by atoms with Gasteiger partial charge in [0, 0.05) is 30.4 Å². The Kier molecular flexibility index (Phi) is 7.51. The molecule has 0 aliphatic heterocycles. The SMILES string of the molecule is COC(OC)c1cccc(Cl)c1COc1cc(C(C)C)ccc1C(C)C. The molecule has 0 atom stereocenters. The highest BCUT2D eigenvalue weighted by Gasteiger charge is 2.18. The van der Waals surface area contributed by atoms with Crippen molar-refractivity contribution in [1.82, 2.24) is 0 Å². The normalized spacial score (nSPS) is 11.6. The van der Waals surface area contributed by atoms with Crippen molar-refractivity contribution in [2.24, 2.45) is 0 Å². The topological polar surface area (TPSA) is 27.7 Å². The smallest absolute Gasteiger partial charge is 0.183 e. The van der Waals surface area contributed by atoms with Crippen molar-refractivity contribution in [3.63, 3.8) is 0 Å². The van der Waals surface area contributed by atoms with Gasteiger partial charge in [-0.25, -0.2) is 0 Å². The summed E-state index contributed by atoms with van der Waals surface area (Å²) in [7, 11) is 3.23. The zero-order valence-corrected chi connectivity index (χ0v) is 17.3. The van der Waals surface area contributed by atoms with E-state index in [1.807, 2.05) is 18.2 Å². The summed E-state index contributed by atoms with van der Waals surface area (Å²) in [5.41, 5.74) is 4.22. The van der Waals surface area contributed by atoms with Crippen molar-refractivity contribution in [3.05, 3.63) is 63.7 Å². The molecule has 4 heteroatoms. The molecular formula is C22H29ClO3. The van der Waals surface area contributed by atoms with Crippen molar-refractivity contribution < 1.29 is 14.2 Å². The summed E-state index contributed by atoms with van der Waals surface area (Å²) in [6, 6.07) is 12.2. The molecule has 2 aromatic rings. The summed E-state index contributed by atoms with van der Waals surface area (Å²) < 4.78 is 17.1. The van der Waals surface area contributed by atoms with Crippen LogP contribution in [0.2, 0.25) is 5.02 Å². The fraction of sp³-hybridized carbons (Fsp3) is 0.455. The summed E-state index contributed by atoms with van der Waals surface area (Å²) in [4.78, 5) is 0. The molecule has 0 N–H and O–H groups in total. The van der Waals surface area contributed by atoms with E-state index in [0.717, 1.165) is 16.9 Å². The van der Waals surface area contributed by atoms with Crippen LogP contribution in [-0.4, -0.2) is 14.2 Å². The number of hydrogen-bond donors (Lipinski definition) is 0. The Morgan fingerprint density at radius 1 is 0.885 bits per heavy atom. The molecule has 26 heavy (non-hydrogen) atoms. The summed E-state index contributed by atoms with van der Waals surface area (Å²) in [5.74, 6) is 1.73. The van der Waals surface area contributed by atoms with Gasteiger partial charge in [-0.15, -0.1) is 0 Å². The van der Waals surface area contributed by atoms with Crippen LogP contribution in [0.4, 0.5) is 0 Å². The molecule has 0 saturated heterocycles. The second-order valence-corrected chi connectivity index (χ2v) is 7.41. The minimum Gasteiger partial charge on any atom is -0.489 e. The summed E-state index contributed by atoms with van der Waals surface area (Å²) in [6.07, 6.45) is -0.473. The average Bonchev–Trinajstić information content (AvgIpc) is 2.61. The molecule has 0 spiro atoms. The number of hydrogen-bond acceptors (Lipinski definition) is 3. The molecule has 0 bridgehead atoms. The Bertz CT molecular complexity index is 721. The van der Waals surface area contributed by atoms with Crippen molar-refractivity contribution in [1.29, 1.82) is 0 Å². The van der Waals surface area contributed by atoms with Crippen LogP contribution in [0.1, 0.15) is 68.1 Å². The minimum absolute atomic E-state index is 0.361. The van der Waals surface area contributed by atoms with E-state index in [1.165, 1.54) is 11.1 Å². The lowest BCUT2D eigenvalue weighted by molar-refractivity contribution is -0.106. The highest BCUT2D eigenvalue weighted by atomic mass is 35.5. The number of rotatable bonds is 8. The Labute approximate surface area is 162 Å². The number of benzene rings is 2. The van der Waals surface area contributed by atoms with E-state index >= 15 is 0 Å². The van der Waals surface area contributed by atoms with Crippen LogP contribution >= 0.6 is 11.6 Å². The van der Waals surface area contributed by atoms with Gasteiger partial charge >= 0.3 is 0 Å². The maximum atomic E-state index is 6.45. The van der Waals surface area contributed by atoms with Gasteiger partial charge in [-0.3, -0.25) is 0 Å². The molecule has 0 saturated carbocycles. The van der Waals surface area contributed by atoms with E-state index in [-0.39, 0.29) is 0 Å². The zero-order valence-electron chi connectivity index (χ0n) is 16.5. The van der Waals surface area contributed by atoms with Gasteiger partial charge < -0.3 is 14.2 Å². The molecule has 0 amide bonds. The van der Waals surface area contributed by atoms with Crippen LogP contribution in [0.5, 0.6) is 5.75 Å². The Morgan fingerprint density at radius 3 is 2.15 bits per heavy atom. The molecule has 0 unspecified atom stereocenters. The van der Waals surface area contributed by atoms with Gasteiger partial charge in [-0.05, 0) is 35.1 Å². The van der Waals surface area contributed by atoms with Gasteiger partial charge in [-0.2, -0.15) is 0 Å². The summed E-state index contributed by atoms with van der Waals surface area (Å²) in [6.45, 7) is 9.07.